The number of nitrogens with zero attached hydrogens (tertiary/aromatic N) is 1. The molecule has 22 heavy (non-hydrogen) atoms. The molecule has 0 aromatic heterocycles. The third kappa shape index (κ3) is 3.78. The molecular formula is C17H24N2O3. The predicted octanol–water partition coefficient (Wildman–Crippen LogP) is 2.13. The van der Waals surface area contributed by atoms with Crippen molar-refractivity contribution in [2.75, 3.05) is 20.2 Å². The molecule has 120 valence electrons. The van der Waals surface area contributed by atoms with Crippen LogP contribution in [0.5, 0.6) is 5.75 Å². The monoisotopic (exact) mass is 304 g/mol. The Balaban J connectivity index is 1.99. The minimum absolute atomic E-state index is 0.00729. The van der Waals surface area contributed by atoms with Gasteiger partial charge in [-0.15, -0.1) is 0 Å². The highest BCUT2D eigenvalue weighted by atomic mass is 16.5. The Morgan fingerprint density at radius 3 is 2.55 bits per heavy atom. The van der Waals surface area contributed by atoms with Crippen LogP contribution < -0.4 is 10.1 Å². The van der Waals surface area contributed by atoms with Gasteiger partial charge in [0.1, 0.15) is 11.8 Å². The summed E-state index contributed by atoms with van der Waals surface area (Å²) in [6, 6.07) is 4.76. The fourth-order valence-electron chi connectivity index (χ4n) is 2.69. The smallest absolute Gasteiger partial charge is 0.252 e. The van der Waals surface area contributed by atoms with Gasteiger partial charge in [0, 0.05) is 18.7 Å². The molecule has 0 saturated carbocycles. The normalized spacial score (nSPS) is 16.0. The topological polar surface area (TPSA) is 58.6 Å². The highest BCUT2D eigenvalue weighted by Crippen LogP contribution is 2.19. The van der Waals surface area contributed by atoms with Crippen LogP contribution in [0.25, 0.3) is 0 Å². The molecule has 2 rings (SSSR count). The van der Waals surface area contributed by atoms with Gasteiger partial charge in [-0.05, 0) is 50.8 Å². The molecular weight excluding hydrogens is 280 g/mol. The number of carbonyl (C=O) groups is 2. The number of hydrogen-bond acceptors (Lipinski definition) is 3. The molecule has 1 saturated heterocycles. The van der Waals surface area contributed by atoms with Crippen molar-refractivity contribution < 1.29 is 14.3 Å². The first kappa shape index (κ1) is 16.3. The van der Waals surface area contributed by atoms with Gasteiger partial charge in [-0.1, -0.05) is 6.07 Å². The maximum absolute atomic E-state index is 12.3. The van der Waals surface area contributed by atoms with Gasteiger partial charge in [0.25, 0.3) is 5.91 Å². The number of carbonyl (C=O) groups excluding carboxylic acids is 2. The number of aryl methyl sites for hydroxylation is 1. The Kier molecular flexibility index (Phi) is 5.41. The third-order valence-electron chi connectivity index (χ3n) is 4.06. The van der Waals surface area contributed by atoms with Crippen LogP contribution in [0, 0.1) is 6.92 Å². The van der Waals surface area contributed by atoms with Crippen molar-refractivity contribution >= 4 is 11.8 Å². The van der Waals surface area contributed by atoms with E-state index < -0.39 is 6.04 Å². The van der Waals surface area contributed by atoms with Gasteiger partial charge in [-0.3, -0.25) is 9.59 Å². The van der Waals surface area contributed by atoms with Gasteiger partial charge in [-0.2, -0.15) is 0 Å². The molecule has 0 bridgehead atoms. The molecule has 1 fully saturated rings. The van der Waals surface area contributed by atoms with E-state index in [1.807, 2.05) is 17.9 Å². The largest absolute Gasteiger partial charge is 0.496 e. The van der Waals surface area contributed by atoms with Crippen molar-refractivity contribution in [3.63, 3.8) is 0 Å². The van der Waals surface area contributed by atoms with Crippen LogP contribution >= 0.6 is 0 Å². The molecule has 1 aromatic rings. The van der Waals surface area contributed by atoms with Crippen molar-refractivity contribution in [3.05, 3.63) is 29.3 Å². The number of ether oxygens (including phenoxy) is 1. The summed E-state index contributed by atoms with van der Waals surface area (Å²) in [6.07, 6.45) is 3.26. The lowest BCUT2D eigenvalue weighted by atomic mass is 10.1. The molecule has 5 nitrogen and oxygen atoms in total. The van der Waals surface area contributed by atoms with E-state index in [9.17, 15) is 9.59 Å². The summed E-state index contributed by atoms with van der Waals surface area (Å²) in [4.78, 5) is 26.5. The van der Waals surface area contributed by atoms with Crippen LogP contribution in [-0.2, 0) is 4.79 Å². The highest BCUT2D eigenvalue weighted by molar-refractivity contribution is 5.97. The van der Waals surface area contributed by atoms with E-state index >= 15 is 0 Å². The molecule has 0 spiro atoms. The molecule has 1 aliphatic rings. The lowest BCUT2D eigenvalue weighted by molar-refractivity contribution is -0.133. The molecule has 1 aromatic carbocycles. The van der Waals surface area contributed by atoms with Gasteiger partial charge in [0.15, 0.2) is 0 Å². The fourth-order valence-corrected chi connectivity index (χ4v) is 2.69. The summed E-state index contributed by atoms with van der Waals surface area (Å²) in [5, 5.41) is 2.78. The fraction of sp³-hybridized carbons (Fsp3) is 0.529. The van der Waals surface area contributed by atoms with E-state index in [2.05, 4.69) is 5.32 Å². The first-order chi connectivity index (χ1) is 10.5. The summed E-state index contributed by atoms with van der Waals surface area (Å²) in [5.41, 5.74) is 1.47. The zero-order valence-corrected chi connectivity index (χ0v) is 13.5. The number of rotatable bonds is 4. The Bertz CT molecular complexity index is 551. The molecule has 1 atom stereocenters. The molecule has 0 radical (unpaired) electrons. The summed E-state index contributed by atoms with van der Waals surface area (Å²) >= 11 is 0. The first-order valence-corrected chi connectivity index (χ1v) is 7.77. The van der Waals surface area contributed by atoms with Gasteiger partial charge in [-0.25, -0.2) is 0 Å². The van der Waals surface area contributed by atoms with E-state index in [1.165, 1.54) is 6.42 Å². The van der Waals surface area contributed by atoms with Crippen molar-refractivity contribution in [1.82, 2.24) is 10.2 Å². The molecule has 5 heteroatoms. The average Bonchev–Trinajstić information content (AvgIpc) is 2.55. The lowest BCUT2D eigenvalue weighted by Crippen LogP contribution is -2.48. The van der Waals surface area contributed by atoms with Gasteiger partial charge in [0.2, 0.25) is 5.91 Å². The molecule has 0 aliphatic carbocycles. The van der Waals surface area contributed by atoms with Crippen LogP contribution in [0.1, 0.15) is 42.1 Å². The average molecular weight is 304 g/mol. The zero-order valence-electron chi connectivity index (χ0n) is 13.5. The van der Waals surface area contributed by atoms with Crippen molar-refractivity contribution in [2.24, 2.45) is 0 Å². The van der Waals surface area contributed by atoms with Crippen molar-refractivity contribution in [3.8, 4) is 5.75 Å². The number of nitrogens with one attached hydrogen (secondary N) is 1. The summed E-state index contributed by atoms with van der Waals surface area (Å²) in [6.45, 7) is 5.23. The number of benzene rings is 1. The summed E-state index contributed by atoms with van der Waals surface area (Å²) in [5.74, 6) is 0.408. The molecule has 2 amide bonds. The van der Waals surface area contributed by atoms with Crippen LogP contribution in [0.3, 0.4) is 0 Å². The standard InChI is InChI=1S/C17H24N2O3/c1-12-7-8-14(11-15(12)22-3)16(20)18-13(2)17(21)19-9-5-4-6-10-19/h7-8,11,13H,4-6,9-10H2,1-3H3,(H,18,20)/t13-/m0/s1. The van der Waals surface area contributed by atoms with E-state index in [-0.39, 0.29) is 11.8 Å². The van der Waals surface area contributed by atoms with E-state index in [1.54, 1.807) is 26.2 Å². The quantitative estimate of drug-likeness (QED) is 0.927. The highest BCUT2D eigenvalue weighted by Gasteiger charge is 2.23. The Morgan fingerprint density at radius 2 is 1.91 bits per heavy atom. The van der Waals surface area contributed by atoms with Crippen molar-refractivity contribution in [1.29, 1.82) is 0 Å². The lowest BCUT2D eigenvalue weighted by Gasteiger charge is -2.29. The Morgan fingerprint density at radius 1 is 1.23 bits per heavy atom. The summed E-state index contributed by atoms with van der Waals surface area (Å²) in [7, 11) is 1.58. The number of methoxy groups -OCH3 is 1. The first-order valence-electron chi connectivity index (χ1n) is 7.77. The number of hydrogen-bond donors (Lipinski definition) is 1. The molecule has 1 heterocycles. The SMILES string of the molecule is COc1cc(C(=O)N[C@@H](C)C(=O)N2CCCCC2)ccc1C. The molecule has 1 N–H and O–H groups in total. The summed E-state index contributed by atoms with van der Waals surface area (Å²) < 4.78 is 5.23. The minimum atomic E-state index is -0.516. The van der Waals surface area contributed by atoms with Crippen LogP contribution in [0.15, 0.2) is 18.2 Å². The Hall–Kier alpha value is -2.04. The van der Waals surface area contributed by atoms with E-state index in [4.69, 9.17) is 4.74 Å². The van der Waals surface area contributed by atoms with Gasteiger partial charge < -0.3 is 15.0 Å². The van der Waals surface area contributed by atoms with Crippen LogP contribution in [0.4, 0.5) is 0 Å². The van der Waals surface area contributed by atoms with Crippen molar-refractivity contribution in [2.45, 2.75) is 39.2 Å². The number of piperidine rings is 1. The second kappa shape index (κ2) is 7.29. The van der Waals surface area contributed by atoms with Crippen LogP contribution in [0.2, 0.25) is 0 Å². The maximum Gasteiger partial charge on any atom is 0.252 e. The minimum Gasteiger partial charge on any atom is -0.496 e. The maximum atomic E-state index is 12.3. The van der Waals surface area contributed by atoms with Gasteiger partial charge >= 0.3 is 0 Å². The second-order valence-corrected chi connectivity index (χ2v) is 5.77. The molecule has 0 unspecified atom stereocenters. The molecule has 1 aliphatic heterocycles. The van der Waals surface area contributed by atoms with Gasteiger partial charge in [0.05, 0.1) is 7.11 Å². The second-order valence-electron chi connectivity index (χ2n) is 5.77. The van der Waals surface area contributed by atoms with E-state index in [0.29, 0.717) is 11.3 Å². The van der Waals surface area contributed by atoms with E-state index in [0.717, 1.165) is 31.5 Å². The Labute approximate surface area is 131 Å². The zero-order chi connectivity index (χ0) is 16.1. The number of likely N-dealkylation sites (tertiary alicyclic amines) is 1. The predicted molar refractivity (Wildman–Crippen MR) is 85.1 cm³/mol. The number of amides is 2. The third-order valence-corrected chi connectivity index (χ3v) is 4.06. The van der Waals surface area contributed by atoms with Crippen LogP contribution in [-0.4, -0.2) is 43.0 Å².